The third kappa shape index (κ3) is 3.49. The fourth-order valence-electron chi connectivity index (χ4n) is 2.98. The van der Waals surface area contributed by atoms with Gasteiger partial charge in [0.25, 0.3) is 0 Å². The van der Waals surface area contributed by atoms with Crippen molar-refractivity contribution in [3.8, 4) is 0 Å². The molecule has 0 aliphatic heterocycles. The van der Waals surface area contributed by atoms with E-state index < -0.39 is 12.0 Å². The van der Waals surface area contributed by atoms with E-state index in [0.717, 1.165) is 6.42 Å². The molecule has 0 spiro atoms. The second kappa shape index (κ2) is 6.54. The molecular formula is C14H26N2O4. The predicted octanol–water partition coefficient (Wildman–Crippen LogP) is 0.338. The normalized spacial score (nSPS) is 30.6. The molecule has 20 heavy (non-hydrogen) atoms. The van der Waals surface area contributed by atoms with Gasteiger partial charge in [-0.25, -0.2) is 4.79 Å². The van der Waals surface area contributed by atoms with E-state index in [-0.39, 0.29) is 42.2 Å². The lowest BCUT2D eigenvalue weighted by molar-refractivity contribution is -0.144. The lowest BCUT2D eigenvalue weighted by atomic mass is 9.61. The highest BCUT2D eigenvalue weighted by molar-refractivity contribution is 5.85. The van der Waals surface area contributed by atoms with Crippen LogP contribution in [0.4, 0.5) is 0 Å². The highest BCUT2D eigenvalue weighted by Gasteiger charge is 2.45. The quantitative estimate of drug-likeness (QED) is 0.582. The molecule has 1 amide bonds. The number of rotatable bonds is 5. The van der Waals surface area contributed by atoms with Gasteiger partial charge in [-0.3, -0.25) is 4.79 Å². The van der Waals surface area contributed by atoms with Crippen molar-refractivity contribution in [2.24, 2.45) is 23.0 Å². The maximum atomic E-state index is 12.4. The lowest BCUT2D eigenvalue weighted by Crippen LogP contribution is -2.54. The van der Waals surface area contributed by atoms with Gasteiger partial charge in [0.15, 0.2) is 0 Å². The van der Waals surface area contributed by atoms with Crippen LogP contribution in [0.5, 0.6) is 0 Å². The maximum absolute atomic E-state index is 12.4. The third-order valence-corrected chi connectivity index (χ3v) is 4.85. The largest absolute Gasteiger partial charge is 0.480 e. The molecule has 0 saturated heterocycles. The van der Waals surface area contributed by atoms with Gasteiger partial charge < -0.3 is 21.3 Å². The molecule has 1 aliphatic carbocycles. The number of carbonyl (C=O) groups excluding carboxylic acids is 1. The molecule has 0 aromatic carbocycles. The number of hydrogen-bond acceptors (Lipinski definition) is 4. The molecule has 1 fully saturated rings. The van der Waals surface area contributed by atoms with Crippen LogP contribution in [0, 0.1) is 17.3 Å². The van der Waals surface area contributed by atoms with Gasteiger partial charge in [-0.2, -0.15) is 0 Å². The van der Waals surface area contributed by atoms with Crippen LogP contribution in [-0.2, 0) is 9.59 Å². The van der Waals surface area contributed by atoms with Crippen molar-refractivity contribution < 1.29 is 19.8 Å². The van der Waals surface area contributed by atoms with E-state index in [1.165, 1.54) is 0 Å². The number of carboxylic acids is 1. The molecule has 0 radical (unpaired) electrons. The molecule has 5 N–H and O–H groups in total. The summed E-state index contributed by atoms with van der Waals surface area (Å²) in [6.45, 7) is 5.77. The molecule has 1 aliphatic rings. The molecule has 1 rings (SSSR count). The Balaban J connectivity index is 2.78. The Kier molecular flexibility index (Phi) is 5.53. The van der Waals surface area contributed by atoms with Crippen molar-refractivity contribution >= 4 is 11.9 Å². The number of carbonyl (C=O) groups is 2. The highest BCUT2D eigenvalue weighted by atomic mass is 16.4. The molecule has 0 aromatic rings. The summed E-state index contributed by atoms with van der Waals surface area (Å²) in [6.07, 6.45) is 1.44. The van der Waals surface area contributed by atoms with Crippen LogP contribution >= 0.6 is 0 Å². The molecule has 0 bridgehead atoms. The summed E-state index contributed by atoms with van der Waals surface area (Å²) >= 11 is 0. The first-order chi connectivity index (χ1) is 9.21. The van der Waals surface area contributed by atoms with Crippen molar-refractivity contribution in [2.75, 3.05) is 6.61 Å². The Labute approximate surface area is 119 Å². The van der Waals surface area contributed by atoms with Gasteiger partial charge in [0.1, 0.15) is 6.04 Å². The van der Waals surface area contributed by atoms with E-state index >= 15 is 0 Å². The topological polar surface area (TPSA) is 113 Å². The van der Waals surface area contributed by atoms with Gasteiger partial charge in [0, 0.05) is 25.0 Å². The third-order valence-electron chi connectivity index (χ3n) is 4.85. The number of nitrogens with one attached hydrogen (secondary N) is 1. The Morgan fingerprint density at radius 1 is 1.40 bits per heavy atom. The van der Waals surface area contributed by atoms with Crippen molar-refractivity contribution in [3.63, 3.8) is 0 Å². The van der Waals surface area contributed by atoms with Crippen LogP contribution in [0.2, 0.25) is 0 Å². The number of amides is 1. The first-order valence-electron chi connectivity index (χ1n) is 7.11. The second-order valence-corrected chi connectivity index (χ2v) is 6.32. The first-order valence-corrected chi connectivity index (χ1v) is 7.11. The molecule has 0 aromatic heterocycles. The molecular weight excluding hydrogens is 260 g/mol. The highest BCUT2D eigenvalue weighted by Crippen LogP contribution is 2.44. The van der Waals surface area contributed by atoms with Crippen LogP contribution in [0.1, 0.15) is 40.0 Å². The molecule has 1 saturated carbocycles. The molecule has 4 atom stereocenters. The minimum atomic E-state index is -1.12. The number of hydrogen-bond donors (Lipinski definition) is 4. The fourth-order valence-corrected chi connectivity index (χ4v) is 2.98. The standard InChI is InChI=1S/C14H26N2O4/c1-8-10(15)5-4-9(14(8,2)3)12(18)16-11(6-7-17)13(19)20/h8-11,17H,4-7,15H2,1-3H3,(H,16,18)(H,19,20)/t8?,9?,10?,11-/m0/s1. The summed E-state index contributed by atoms with van der Waals surface area (Å²) in [5.74, 6) is -1.44. The van der Waals surface area contributed by atoms with E-state index in [4.69, 9.17) is 15.9 Å². The SMILES string of the molecule is CC1C(N)CCC(C(=O)N[C@@H](CCO)C(=O)O)C1(C)C. The number of aliphatic hydroxyl groups excluding tert-OH is 1. The Bertz CT molecular complexity index is 370. The first kappa shape index (κ1) is 16.9. The summed E-state index contributed by atoms with van der Waals surface area (Å²) in [7, 11) is 0. The summed E-state index contributed by atoms with van der Waals surface area (Å²) in [5.41, 5.74) is 5.78. The average Bonchev–Trinajstić information content (AvgIpc) is 2.35. The minimum absolute atomic E-state index is 0.0172. The lowest BCUT2D eigenvalue weighted by Gasteiger charge is -2.46. The number of carboxylic acid groups (broad SMARTS) is 1. The van der Waals surface area contributed by atoms with E-state index in [2.05, 4.69) is 5.32 Å². The van der Waals surface area contributed by atoms with E-state index in [0.29, 0.717) is 6.42 Å². The zero-order valence-electron chi connectivity index (χ0n) is 12.4. The molecule has 6 nitrogen and oxygen atoms in total. The summed E-state index contributed by atoms with van der Waals surface area (Å²) in [5, 5.41) is 20.4. The molecule has 0 heterocycles. The molecule has 116 valence electrons. The number of aliphatic carboxylic acids is 1. The summed E-state index contributed by atoms with van der Waals surface area (Å²) in [4.78, 5) is 23.4. The van der Waals surface area contributed by atoms with E-state index in [9.17, 15) is 9.59 Å². The zero-order chi connectivity index (χ0) is 15.5. The Morgan fingerprint density at radius 2 is 2.00 bits per heavy atom. The predicted molar refractivity (Wildman–Crippen MR) is 74.9 cm³/mol. The van der Waals surface area contributed by atoms with Gasteiger partial charge in [-0.15, -0.1) is 0 Å². The zero-order valence-corrected chi connectivity index (χ0v) is 12.4. The summed E-state index contributed by atoms with van der Waals surface area (Å²) in [6, 6.07) is -0.962. The average molecular weight is 286 g/mol. The van der Waals surface area contributed by atoms with Gasteiger partial charge in [0.2, 0.25) is 5.91 Å². The van der Waals surface area contributed by atoms with Crippen LogP contribution in [0.3, 0.4) is 0 Å². The fraction of sp³-hybridized carbons (Fsp3) is 0.857. The van der Waals surface area contributed by atoms with E-state index in [1.807, 2.05) is 20.8 Å². The second-order valence-electron chi connectivity index (χ2n) is 6.32. The Morgan fingerprint density at radius 3 is 2.50 bits per heavy atom. The van der Waals surface area contributed by atoms with E-state index in [1.54, 1.807) is 0 Å². The van der Waals surface area contributed by atoms with Crippen LogP contribution in [0.25, 0.3) is 0 Å². The minimum Gasteiger partial charge on any atom is -0.480 e. The van der Waals surface area contributed by atoms with Crippen molar-refractivity contribution in [1.29, 1.82) is 0 Å². The van der Waals surface area contributed by atoms with Crippen molar-refractivity contribution in [1.82, 2.24) is 5.32 Å². The van der Waals surface area contributed by atoms with Gasteiger partial charge >= 0.3 is 5.97 Å². The van der Waals surface area contributed by atoms with Crippen molar-refractivity contribution in [2.45, 2.75) is 52.1 Å². The van der Waals surface area contributed by atoms with Crippen LogP contribution < -0.4 is 11.1 Å². The molecule has 3 unspecified atom stereocenters. The van der Waals surface area contributed by atoms with Crippen LogP contribution in [0.15, 0.2) is 0 Å². The number of aliphatic hydroxyl groups is 1. The summed E-state index contributed by atoms with van der Waals surface area (Å²) < 4.78 is 0. The van der Waals surface area contributed by atoms with Crippen molar-refractivity contribution in [3.05, 3.63) is 0 Å². The Hall–Kier alpha value is -1.14. The van der Waals surface area contributed by atoms with Gasteiger partial charge in [0.05, 0.1) is 0 Å². The molecule has 6 heteroatoms. The maximum Gasteiger partial charge on any atom is 0.326 e. The van der Waals surface area contributed by atoms with Crippen LogP contribution in [-0.4, -0.2) is 40.8 Å². The smallest absolute Gasteiger partial charge is 0.326 e. The number of nitrogens with two attached hydrogens (primary N) is 1. The van der Waals surface area contributed by atoms with Gasteiger partial charge in [-0.05, 0) is 24.2 Å². The monoisotopic (exact) mass is 286 g/mol. The van der Waals surface area contributed by atoms with Gasteiger partial charge in [-0.1, -0.05) is 20.8 Å².